The summed E-state index contributed by atoms with van der Waals surface area (Å²) in [5.74, 6) is 0.967. The van der Waals surface area contributed by atoms with Crippen LogP contribution < -0.4 is 4.74 Å². The molecule has 1 fully saturated rings. The third kappa shape index (κ3) is 3.67. The number of ether oxygens (including phenoxy) is 2. The molecule has 2 heterocycles. The van der Waals surface area contributed by atoms with Crippen LogP contribution >= 0.6 is 0 Å². The zero-order valence-electron chi connectivity index (χ0n) is 13.2. The zero-order valence-corrected chi connectivity index (χ0v) is 13.2. The molecule has 0 radical (unpaired) electrons. The number of likely N-dealkylation sites (tertiary alicyclic amines) is 1. The van der Waals surface area contributed by atoms with E-state index < -0.39 is 0 Å². The highest BCUT2D eigenvalue weighted by molar-refractivity contribution is 5.27. The molecule has 5 nitrogen and oxygen atoms in total. The molecule has 0 spiro atoms. The van der Waals surface area contributed by atoms with Crippen molar-refractivity contribution in [3.05, 3.63) is 48.0 Å². The normalized spacial score (nSPS) is 15.7. The minimum atomic E-state index is 0.289. The van der Waals surface area contributed by atoms with E-state index in [1.807, 2.05) is 24.7 Å². The summed E-state index contributed by atoms with van der Waals surface area (Å²) in [5, 5.41) is 0. The summed E-state index contributed by atoms with van der Waals surface area (Å²) in [5.41, 5.74) is 2.46. The molecule has 0 saturated carbocycles. The highest BCUT2D eigenvalue weighted by atomic mass is 16.5. The van der Waals surface area contributed by atoms with Crippen LogP contribution in [0.5, 0.6) is 5.75 Å². The topological polar surface area (TPSA) is 39.5 Å². The van der Waals surface area contributed by atoms with Crippen LogP contribution in [0.1, 0.15) is 11.3 Å². The maximum Gasteiger partial charge on any atom is 0.124 e. The van der Waals surface area contributed by atoms with Crippen molar-refractivity contribution in [2.24, 2.45) is 0 Å². The first-order valence-electron chi connectivity index (χ1n) is 7.68. The predicted molar refractivity (Wildman–Crippen MR) is 85.0 cm³/mol. The van der Waals surface area contributed by atoms with E-state index in [4.69, 9.17) is 9.47 Å². The van der Waals surface area contributed by atoms with Crippen LogP contribution in [0.4, 0.5) is 0 Å². The molecule has 118 valence electrons. The lowest BCUT2D eigenvalue weighted by Crippen LogP contribution is -2.53. The van der Waals surface area contributed by atoms with Crippen molar-refractivity contribution in [1.29, 1.82) is 0 Å². The molecular weight excluding hydrogens is 278 g/mol. The number of hydrogen-bond donors (Lipinski definition) is 0. The van der Waals surface area contributed by atoms with Gasteiger partial charge in [-0.15, -0.1) is 0 Å². The third-order valence-electron chi connectivity index (χ3n) is 3.94. The van der Waals surface area contributed by atoms with Crippen LogP contribution in [0.25, 0.3) is 0 Å². The minimum Gasteiger partial charge on any atom is -0.488 e. The number of aromatic nitrogens is 2. The first kappa shape index (κ1) is 15.1. The summed E-state index contributed by atoms with van der Waals surface area (Å²) in [6.45, 7) is 6.48. The Labute approximate surface area is 131 Å². The molecular formula is C17H23N3O2. The Bertz CT molecular complexity index is 605. The van der Waals surface area contributed by atoms with E-state index in [1.54, 1.807) is 7.11 Å². The molecule has 0 bridgehead atoms. The van der Waals surface area contributed by atoms with Gasteiger partial charge in [-0.05, 0) is 24.6 Å². The summed E-state index contributed by atoms with van der Waals surface area (Å²) in [6.07, 6.45) is 4.09. The Balaban J connectivity index is 1.47. The van der Waals surface area contributed by atoms with Crippen molar-refractivity contribution in [2.75, 3.05) is 26.8 Å². The minimum absolute atomic E-state index is 0.289. The molecule has 0 amide bonds. The summed E-state index contributed by atoms with van der Waals surface area (Å²) in [4.78, 5) is 6.61. The van der Waals surface area contributed by atoms with E-state index in [9.17, 15) is 0 Å². The van der Waals surface area contributed by atoms with Crippen LogP contribution in [-0.4, -0.2) is 47.4 Å². The number of nitrogens with zero attached hydrogens (tertiary/aromatic N) is 3. The van der Waals surface area contributed by atoms with Crippen molar-refractivity contribution in [2.45, 2.75) is 26.1 Å². The van der Waals surface area contributed by atoms with Gasteiger partial charge in [0.2, 0.25) is 0 Å². The first-order chi connectivity index (χ1) is 10.7. The molecule has 3 rings (SSSR count). The molecule has 1 aromatic heterocycles. The van der Waals surface area contributed by atoms with Crippen LogP contribution in [-0.2, 0) is 17.8 Å². The van der Waals surface area contributed by atoms with Gasteiger partial charge in [0.1, 0.15) is 11.9 Å². The fourth-order valence-electron chi connectivity index (χ4n) is 2.71. The van der Waals surface area contributed by atoms with Gasteiger partial charge in [-0.2, -0.15) is 0 Å². The summed E-state index contributed by atoms with van der Waals surface area (Å²) in [6, 6.07) is 8.23. The Kier molecular flexibility index (Phi) is 4.75. The fraction of sp³-hybridized carbons (Fsp3) is 0.471. The smallest absolute Gasteiger partial charge is 0.124 e. The van der Waals surface area contributed by atoms with E-state index in [1.165, 1.54) is 11.3 Å². The Morgan fingerprint density at radius 1 is 1.32 bits per heavy atom. The van der Waals surface area contributed by atoms with Crippen molar-refractivity contribution < 1.29 is 9.47 Å². The van der Waals surface area contributed by atoms with Gasteiger partial charge in [-0.1, -0.05) is 12.1 Å². The first-order valence-corrected chi connectivity index (χ1v) is 7.68. The number of imidazole rings is 1. The summed E-state index contributed by atoms with van der Waals surface area (Å²) >= 11 is 0. The van der Waals surface area contributed by atoms with Crippen molar-refractivity contribution in [3.63, 3.8) is 0 Å². The largest absolute Gasteiger partial charge is 0.488 e. The van der Waals surface area contributed by atoms with E-state index in [0.717, 1.165) is 31.9 Å². The molecule has 0 atom stereocenters. The maximum absolute atomic E-state index is 5.99. The van der Waals surface area contributed by atoms with E-state index in [2.05, 4.69) is 33.5 Å². The van der Waals surface area contributed by atoms with Gasteiger partial charge in [0.05, 0.1) is 18.6 Å². The lowest BCUT2D eigenvalue weighted by molar-refractivity contribution is 0.0130. The quantitative estimate of drug-likeness (QED) is 0.785. The predicted octanol–water partition coefficient (Wildman–Crippen LogP) is 2.10. The monoisotopic (exact) mass is 301 g/mol. The number of rotatable bonds is 7. The Morgan fingerprint density at radius 3 is 2.95 bits per heavy atom. The molecule has 0 unspecified atom stereocenters. The van der Waals surface area contributed by atoms with E-state index in [0.29, 0.717) is 6.61 Å². The van der Waals surface area contributed by atoms with Crippen molar-refractivity contribution in [1.82, 2.24) is 14.5 Å². The lowest BCUT2D eigenvalue weighted by atomic mass is 10.1. The summed E-state index contributed by atoms with van der Waals surface area (Å²) in [7, 11) is 1.72. The van der Waals surface area contributed by atoms with E-state index in [-0.39, 0.29) is 6.10 Å². The van der Waals surface area contributed by atoms with Crippen LogP contribution in [0, 0.1) is 6.92 Å². The molecule has 22 heavy (non-hydrogen) atoms. The van der Waals surface area contributed by atoms with Gasteiger partial charge in [0, 0.05) is 39.5 Å². The van der Waals surface area contributed by atoms with Gasteiger partial charge in [0.15, 0.2) is 0 Å². The molecule has 0 aliphatic carbocycles. The third-order valence-corrected chi connectivity index (χ3v) is 3.94. The summed E-state index contributed by atoms with van der Waals surface area (Å²) < 4.78 is 13.3. The number of benzene rings is 1. The average molecular weight is 301 g/mol. The van der Waals surface area contributed by atoms with Crippen molar-refractivity contribution in [3.8, 4) is 5.75 Å². The molecule has 5 heteroatoms. The van der Waals surface area contributed by atoms with Gasteiger partial charge in [0.25, 0.3) is 0 Å². The zero-order chi connectivity index (χ0) is 15.4. The molecule has 2 aromatic rings. The van der Waals surface area contributed by atoms with Crippen molar-refractivity contribution >= 4 is 0 Å². The lowest BCUT2D eigenvalue weighted by Gasteiger charge is -2.39. The fourth-order valence-corrected chi connectivity index (χ4v) is 2.71. The molecule has 1 aromatic carbocycles. The number of aryl methyl sites for hydroxylation is 1. The highest BCUT2D eigenvalue weighted by Gasteiger charge is 2.29. The highest BCUT2D eigenvalue weighted by Crippen LogP contribution is 2.20. The van der Waals surface area contributed by atoms with Gasteiger partial charge < -0.3 is 14.0 Å². The molecule has 1 aliphatic rings. The van der Waals surface area contributed by atoms with Gasteiger partial charge in [-0.3, -0.25) is 4.90 Å². The maximum atomic E-state index is 5.99. The van der Waals surface area contributed by atoms with Crippen LogP contribution in [0.3, 0.4) is 0 Å². The number of methoxy groups -OCH3 is 1. The molecule has 1 saturated heterocycles. The Morgan fingerprint density at radius 2 is 2.18 bits per heavy atom. The van der Waals surface area contributed by atoms with Crippen LogP contribution in [0.2, 0.25) is 0 Å². The number of hydrogen-bond acceptors (Lipinski definition) is 4. The van der Waals surface area contributed by atoms with Gasteiger partial charge in [-0.25, -0.2) is 4.98 Å². The SMILES string of the molecule is COCCn1cncc1CN1CC(Oc2cccc(C)c2)C1. The van der Waals surface area contributed by atoms with E-state index >= 15 is 0 Å². The second kappa shape index (κ2) is 6.94. The van der Waals surface area contributed by atoms with Crippen LogP contribution in [0.15, 0.2) is 36.8 Å². The Hall–Kier alpha value is -1.85. The molecule has 0 N–H and O–H groups in total. The standard InChI is InChI=1S/C17H23N3O2/c1-14-4-3-5-16(8-14)22-17-11-19(12-17)10-15-9-18-13-20(15)6-7-21-2/h3-5,8-9,13,17H,6-7,10-12H2,1-2H3. The molecule has 1 aliphatic heterocycles. The average Bonchev–Trinajstić information content (AvgIpc) is 2.90. The second-order valence-corrected chi connectivity index (χ2v) is 5.82. The second-order valence-electron chi connectivity index (χ2n) is 5.82. The van der Waals surface area contributed by atoms with Gasteiger partial charge >= 0.3 is 0 Å².